The van der Waals surface area contributed by atoms with E-state index in [1.54, 1.807) is 6.07 Å². The molecule has 1 aromatic carbocycles. The smallest absolute Gasteiger partial charge is 0.167 e. The van der Waals surface area contributed by atoms with Crippen molar-refractivity contribution >= 4 is 9.84 Å². The molecule has 0 heterocycles. The van der Waals surface area contributed by atoms with Gasteiger partial charge in [-0.15, -0.1) is 0 Å². The molecule has 0 radical (unpaired) electrons. The third kappa shape index (κ3) is 3.72. The van der Waals surface area contributed by atoms with E-state index in [4.69, 9.17) is 5.26 Å². The molecule has 15 heavy (non-hydrogen) atoms. The first-order valence-corrected chi connectivity index (χ1v) is 6.39. The van der Waals surface area contributed by atoms with Crippen molar-refractivity contribution in [2.75, 3.05) is 5.75 Å². The maximum absolute atomic E-state index is 11.4. The van der Waals surface area contributed by atoms with Gasteiger partial charge in [-0.3, -0.25) is 0 Å². The van der Waals surface area contributed by atoms with Crippen molar-refractivity contribution in [2.45, 2.75) is 19.6 Å². The average molecular weight is 223 g/mol. The van der Waals surface area contributed by atoms with Crippen LogP contribution in [0.3, 0.4) is 0 Å². The number of hydrogen-bond acceptors (Lipinski definition) is 3. The molecule has 0 saturated carbocycles. The minimum atomic E-state index is -3.28. The molecule has 4 heteroatoms. The molecule has 0 bridgehead atoms. The highest BCUT2D eigenvalue weighted by molar-refractivity contribution is 7.90. The molecule has 1 aromatic rings. The standard InChI is InChI=1S/C11H13NO2S/c1-9-5-10(2)7-11(6-9)8-15(13,14)4-3-12/h5-7H,4,8H2,1-2H3. The van der Waals surface area contributed by atoms with Crippen LogP contribution in [0.4, 0.5) is 0 Å². The lowest BCUT2D eigenvalue weighted by atomic mass is 10.1. The molecule has 0 aliphatic rings. The lowest BCUT2D eigenvalue weighted by Gasteiger charge is -2.04. The Labute approximate surface area is 90.3 Å². The van der Waals surface area contributed by atoms with E-state index in [0.717, 1.165) is 16.7 Å². The zero-order chi connectivity index (χ0) is 11.5. The predicted octanol–water partition coefficient (Wildman–Crippen LogP) is 1.74. The van der Waals surface area contributed by atoms with Crippen molar-refractivity contribution in [1.29, 1.82) is 5.26 Å². The minimum Gasteiger partial charge on any atom is -0.227 e. The molecule has 0 fully saturated rings. The number of sulfone groups is 1. The van der Waals surface area contributed by atoms with Crippen LogP contribution in [0.25, 0.3) is 0 Å². The van der Waals surface area contributed by atoms with Gasteiger partial charge in [0.1, 0.15) is 5.75 Å². The van der Waals surface area contributed by atoms with Gasteiger partial charge in [0.25, 0.3) is 0 Å². The van der Waals surface area contributed by atoms with Gasteiger partial charge in [-0.05, 0) is 19.4 Å². The number of hydrogen-bond donors (Lipinski definition) is 0. The molecule has 1 rings (SSSR count). The lowest BCUT2D eigenvalue weighted by Crippen LogP contribution is -2.08. The Bertz CT molecular complexity index is 478. The van der Waals surface area contributed by atoms with E-state index in [-0.39, 0.29) is 5.75 Å². The second-order valence-corrected chi connectivity index (χ2v) is 5.75. The quantitative estimate of drug-likeness (QED) is 0.784. The molecule has 0 amide bonds. The molecular weight excluding hydrogens is 210 g/mol. The molecule has 0 spiro atoms. The summed E-state index contributed by atoms with van der Waals surface area (Å²) in [6, 6.07) is 7.33. The Kier molecular flexibility index (Phi) is 3.48. The minimum absolute atomic E-state index is 0.0525. The molecule has 0 aliphatic heterocycles. The Morgan fingerprint density at radius 1 is 1.20 bits per heavy atom. The second-order valence-electron chi connectivity index (χ2n) is 3.69. The summed E-state index contributed by atoms with van der Waals surface area (Å²) < 4.78 is 22.8. The van der Waals surface area contributed by atoms with Gasteiger partial charge in [0, 0.05) is 0 Å². The zero-order valence-corrected chi connectivity index (χ0v) is 9.63. The van der Waals surface area contributed by atoms with Crippen LogP contribution in [-0.2, 0) is 15.6 Å². The first-order valence-electron chi connectivity index (χ1n) is 4.57. The highest BCUT2D eigenvalue weighted by Crippen LogP contribution is 2.12. The third-order valence-corrected chi connectivity index (χ3v) is 3.29. The molecular formula is C11H13NO2S. The van der Waals surface area contributed by atoms with Crippen molar-refractivity contribution in [3.05, 3.63) is 34.9 Å². The number of benzene rings is 1. The fourth-order valence-corrected chi connectivity index (χ4v) is 2.53. The van der Waals surface area contributed by atoms with E-state index in [1.807, 2.05) is 32.0 Å². The van der Waals surface area contributed by atoms with Crippen LogP contribution in [0.1, 0.15) is 16.7 Å². The summed E-state index contributed by atoms with van der Waals surface area (Å²) in [4.78, 5) is 0. The number of rotatable bonds is 3. The second kappa shape index (κ2) is 4.45. The van der Waals surface area contributed by atoms with Crippen LogP contribution in [-0.4, -0.2) is 14.2 Å². The molecule has 80 valence electrons. The van der Waals surface area contributed by atoms with Gasteiger partial charge in [0.15, 0.2) is 9.84 Å². The third-order valence-electron chi connectivity index (χ3n) is 1.95. The Morgan fingerprint density at radius 2 is 1.73 bits per heavy atom. The van der Waals surface area contributed by atoms with Gasteiger partial charge in [-0.25, -0.2) is 8.42 Å². The molecule has 0 unspecified atom stereocenters. The molecule has 0 aromatic heterocycles. The molecule has 0 aliphatic carbocycles. The van der Waals surface area contributed by atoms with Gasteiger partial charge >= 0.3 is 0 Å². The van der Waals surface area contributed by atoms with E-state index >= 15 is 0 Å². The van der Waals surface area contributed by atoms with Crippen LogP contribution in [0.15, 0.2) is 18.2 Å². The monoisotopic (exact) mass is 223 g/mol. The summed E-state index contributed by atoms with van der Waals surface area (Å²) in [5, 5.41) is 8.36. The lowest BCUT2D eigenvalue weighted by molar-refractivity contribution is 0.598. The van der Waals surface area contributed by atoms with E-state index in [1.165, 1.54) is 0 Å². The average Bonchev–Trinajstić information content (AvgIpc) is 1.99. The van der Waals surface area contributed by atoms with Crippen molar-refractivity contribution in [2.24, 2.45) is 0 Å². The molecule has 0 saturated heterocycles. The maximum atomic E-state index is 11.4. The summed E-state index contributed by atoms with van der Waals surface area (Å²) in [7, 11) is -3.28. The first kappa shape index (κ1) is 11.7. The van der Waals surface area contributed by atoms with E-state index in [2.05, 4.69) is 0 Å². The highest BCUT2D eigenvalue weighted by Gasteiger charge is 2.11. The Balaban J connectivity index is 2.96. The van der Waals surface area contributed by atoms with Crippen molar-refractivity contribution < 1.29 is 8.42 Å². The molecule has 3 nitrogen and oxygen atoms in total. The Morgan fingerprint density at radius 3 is 2.20 bits per heavy atom. The number of nitrogens with zero attached hydrogens (tertiary/aromatic N) is 1. The molecule has 0 N–H and O–H groups in total. The fraction of sp³-hybridized carbons (Fsp3) is 0.364. The predicted molar refractivity (Wildman–Crippen MR) is 59.0 cm³/mol. The highest BCUT2D eigenvalue weighted by atomic mass is 32.2. The zero-order valence-electron chi connectivity index (χ0n) is 8.82. The largest absolute Gasteiger partial charge is 0.227 e. The Hall–Kier alpha value is -1.34. The van der Waals surface area contributed by atoms with Gasteiger partial charge in [-0.2, -0.15) is 5.26 Å². The van der Waals surface area contributed by atoms with Crippen LogP contribution in [0.2, 0.25) is 0 Å². The van der Waals surface area contributed by atoms with Gasteiger partial charge < -0.3 is 0 Å². The normalized spacial score (nSPS) is 11.0. The molecule has 0 atom stereocenters. The van der Waals surface area contributed by atoms with Crippen LogP contribution < -0.4 is 0 Å². The summed E-state index contributed by atoms with van der Waals surface area (Å²) in [5.74, 6) is -0.469. The van der Waals surface area contributed by atoms with Gasteiger partial charge in [0.2, 0.25) is 0 Å². The van der Waals surface area contributed by atoms with E-state index in [0.29, 0.717) is 0 Å². The summed E-state index contributed by atoms with van der Waals surface area (Å²) in [6.07, 6.45) is 0. The number of aryl methyl sites for hydroxylation is 2. The van der Waals surface area contributed by atoms with Crippen molar-refractivity contribution in [1.82, 2.24) is 0 Å². The van der Waals surface area contributed by atoms with Gasteiger partial charge in [-0.1, -0.05) is 29.3 Å². The summed E-state index contributed by atoms with van der Waals surface area (Å²) >= 11 is 0. The first-order chi connectivity index (χ1) is 6.93. The fourth-order valence-electron chi connectivity index (χ4n) is 1.56. The summed E-state index contributed by atoms with van der Waals surface area (Å²) in [6.45, 7) is 3.85. The van der Waals surface area contributed by atoms with Crippen LogP contribution >= 0.6 is 0 Å². The maximum Gasteiger partial charge on any atom is 0.167 e. The SMILES string of the molecule is Cc1cc(C)cc(CS(=O)(=O)CC#N)c1. The van der Waals surface area contributed by atoms with Crippen molar-refractivity contribution in [3.63, 3.8) is 0 Å². The van der Waals surface area contributed by atoms with E-state index < -0.39 is 15.6 Å². The van der Waals surface area contributed by atoms with Crippen LogP contribution in [0.5, 0.6) is 0 Å². The van der Waals surface area contributed by atoms with Gasteiger partial charge in [0.05, 0.1) is 11.8 Å². The number of nitriles is 1. The summed E-state index contributed by atoms with van der Waals surface area (Å²) in [5.41, 5.74) is 2.83. The topological polar surface area (TPSA) is 57.9 Å². The van der Waals surface area contributed by atoms with Crippen molar-refractivity contribution in [3.8, 4) is 6.07 Å². The van der Waals surface area contributed by atoms with Crippen LogP contribution in [0, 0.1) is 25.2 Å². The van der Waals surface area contributed by atoms with E-state index in [9.17, 15) is 8.42 Å².